The summed E-state index contributed by atoms with van der Waals surface area (Å²) in [5.74, 6) is -0.182. The van der Waals surface area contributed by atoms with Crippen LogP contribution in [0, 0.1) is 0 Å². The summed E-state index contributed by atoms with van der Waals surface area (Å²) in [5, 5.41) is 1.89. The minimum Gasteiger partial charge on any atom is -0.338 e. The van der Waals surface area contributed by atoms with Gasteiger partial charge in [-0.2, -0.15) is 0 Å². The molecule has 0 amide bonds. The molecule has 2 bridgehead atoms. The summed E-state index contributed by atoms with van der Waals surface area (Å²) in [6.45, 7) is 0. The molecule has 3 aliphatic rings. The molecule has 2 fully saturated rings. The van der Waals surface area contributed by atoms with Crippen molar-refractivity contribution in [1.82, 2.24) is 0 Å². The van der Waals surface area contributed by atoms with Gasteiger partial charge >= 0.3 is 0 Å². The fourth-order valence-corrected chi connectivity index (χ4v) is 3.90. The van der Waals surface area contributed by atoms with Crippen molar-refractivity contribution in [3.8, 4) is 0 Å². The molecule has 2 saturated heterocycles. The van der Waals surface area contributed by atoms with E-state index in [1.165, 1.54) is 0 Å². The maximum absolute atomic E-state index is 13.0. The zero-order chi connectivity index (χ0) is 14.2. The van der Waals surface area contributed by atoms with Crippen LogP contribution in [0.15, 0.2) is 36.4 Å². The Morgan fingerprint density at radius 2 is 1.90 bits per heavy atom. The largest absolute Gasteiger partial charge is 0.338 e. The van der Waals surface area contributed by atoms with Crippen molar-refractivity contribution >= 4 is 22.3 Å². The molecular formula is C17H12O4. The third-order valence-electron chi connectivity index (χ3n) is 4.78. The Balaban J connectivity index is 1.87. The molecule has 4 nitrogen and oxygen atoms in total. The van der Waals surface area contributed by atoms with Gasteiger partial charge in [-0.15, -0.1) is 0 Å². The van der Waals surface area contributed by atoms with Crippen molar-refractivity contribution in [3.05, 3.63) is 47.5 Å². The molecule has 3 atom stereocenters. The minimum atomic E-state index is -1.26. The fraction of sp³-hybridized carbons (Fsp3) is 0.294. The van der Waals surface area contributed by atoms with Crippen molar-refractivity contribution < 1.29 is 19.1 Å². The molecule has 2 unspecified atom stereocenters. The summed E-state index contributed by atoms with van der Waals surface area (Å²) in [4.78, 5) is 25.3. The van der Waals surface area contributed by atoms with Gasteiger partial charge in [0.1, 0.15) is 0 Å². The summed E-state index contributed by atoms with van der Waals surface area (Å²) < 4.78 is 11.7. The lowest BCUT2D eigenvalue weighted by atomic mass is 9.85. The summed E-state index contributed by atoms with van der Waals surface area (Å²) in [6.07, 6.45) is -0.323. The van der Waals surface area contributed by atoms with Gasteiger partial charge in [-0.25, -0.2) is 0 Å². The average Bonchev–Trinajstić information content (AvgIpc) is 2.96. The van der Waals surface area contributed by atoms with E-state index >= 15 is 0 Å². The van der Waals surface area contributed by atoms with Crippen LogP contribution in [-0.2, 0) is 19.9 Å². The van der Waals surface area contributed by atoms with Crippen LogP contribution < -0.4 is 0 Å². The van der Waals surface area contributed by atoms with E-state index in [0.29, 0.717) is 18.4 Å². The van der Waals surface area contributed by atoms with Crippen molar-refractivity contribution in [3.63, 3.8) is 0 Å². The highest BCUT2D eigenvalue weighted by molar-refractivity contribution is 6.21. The van der Waals surface area contributed by atoms with Gasteiger partial charge in [0.05, 0.1) is 0 Å². The second-order valence-corrected chi connectivity index (χ2v) is 5.84. The topological polar surface area (TPSA) is 52.6 Å². The first-order valence-electron chi connectivity index (χ1n) is 7.15. The molecule has 104 valence electrons. The summed E-state index contributed by atoms with van der Waals surface area (Å²) in [5.41, 5.74) is 0.150. The second kappa shape index (κ2) is 3.59. The molecule has 0 saturated carbocycles. The number of Topliss-reactive ketones (excluding diaryl/α,β-unsaturated/α-hetero) is 2. The highest BCUT2D eigenvalue weighted by Crippen LogP contribution is 2.52. The lowest BCUT2D eigenvalue weighted by molar-refractivity contribution is -0.141. The number of carbonyl (C=O) groups is 2. The van der Waals surface area contributed by atoms with Gasteiger partial charge in [0.15, 0.2) is 23.8 Å². The van der Waals surface area contributed by atoms with Crippen LogP contribution in [0.4, 0.5) is 0 Å². The smallest absolute Gasteiger partial charge is 0.203 e. The lowest BCUT2D eigenvalue weighted by Gasteiger charge is -2.26. The van der Waals surface area contributed by atoms with Crippen molar-refractivity contribution in [2.75, 3.05) is 0 Å². The molecule has 0 radical (unpaired) electrons. The first kappa shape index (κ1) is 11.6. The molecule has 4 heteroatoms. The zero-order valence-electron chi connectivity index (χ0n) is 11.2. The molecule has 2 aromatic carbocycles. The van der Waals surface area contributed by atoms with Gasteiger partial charge in [0.2, 0.25) is 5.78 Å². The van der Waals surface area contributed by atoms with Crippen LogP contribution in [0.5, 0.6) is 0 Å². The standard InChI is InChI=1S/C17H12O4/c18-12-7-8-13-20-16(12)17(21-13)11-6-2-4-9-3-1-5-10(14(9)11)15(17)19/h1-6,13,16H,7-8H2/t13?,16?,17-/m1/s1. The molecule has 2 aromatic rings. The summed E-state index contributed by atoms with van der Waals surface area (Å²) >= 11 is 0. The van der Waals surface area contributed by atoms with E-state index in [-0.39, 0.29) is 11.6 Å². The monoisotopic (exact) mass is 280 g/mol. The second-order valence-electron chi connectivity index (χ2n) is 5.84. The molecule has 0 N–H and O–H groups in total. The van der Waals surface area contributed by atoms with Crippen LogP contribution in [0.3, 0.4) is 0 Å². The Hall–Kier alpha value is -2.04. The van der Waals surface area contributed by atoms with E-state index in [0.717, 1.165) is 16.3 Å². The molecule has 2 aliphatic heterocycles. The van der Waals surface area contributed by atoms with Crippen molar-refractivity contribution in [2.45, 2.75) is 30.8 Å². The quantitative estimate of drug-likeness (QED) is 0.743. The number of ether oxygens (including phenoxy) is 2. The number of hydrogen-bond acceptors (Lipinski definition) is 4. The number of benzene rings is 2. The van der Waals surface area contributed by atoms with Gasteiger partial charge in [-0.3, -0.25) is 9.59 Å². The average molecular weight is 280 g/mol. The fourth-order valence-electron chi connectivity index (χ4n) is 3.90. The first-order chi connectivity index (χ1) is 10.2. The number of hydrogen-bond donors (Lipinski definition) is 0. The van der Waals surface area contributed by atoms with Crippen LogP contribution in [0.1, 0.15) is 28.8 Å². The predicted octanol–water partition coefficient (Wildman–Crippen LogP) is 2.34. The minimum absolute atomic E-state index is 0.0399. The Labute approximate surface area is 120 Å². The van der Waals surface area contributed by atoms with Crippen molar-refractivity contribution in [2.24, 2.45) is 0 Å². The number of rotatable bonds is 0. The van der Waals surface area contributed by atoms with E-state index in [2.05, 4.69) is 0 Å². The Morgan fingerprint density at radius 3 is 2.76 bits per heavy atom. The number of carbonyl (C=O) groups excluding carboxylic acids is 2. The van der Waals surface area contributed by atoms with Gasteiger partial charge in [0.25, 0.3) is 0 Å². The maximum Gasteiger partial charge on any atom is 0.203 e. The molecular weight excluding hydrogens is 268 g/mol. The molecule has 0 aromatic heterocycles. The molecule has 5 rings (SSSR count). The van der Waals surface area contributed by atoms with Gasteiger partial charge in [0, 0.05) is 24.0 Å². The first-order valence-corrected chi connectivity index (χ1v) is 7.15. The third-order valence-corrected chi connectivity index (χ3v) is 4.78. The summed E-state index contributed by atoms with van der Waals surface area (Å²) in [7, 11) is 0. The van der Waals surface area contributed by atoms with Crippen LogP contribution in [-0.4, -0.2) is 24.0 Å². The molecule has 2 heterocycles. The van der Waals surface area contributed by atoms with E-state index in [9.17, 15) is 9.59 Å². The number of fused-ring (bicyclic) bond motifs is 4. The van der Waals surface area contributed by atoms with Crippen molar-refractivity contribution in [1.29, 1.82) is 0 Å². The Bertz CT molecular complexity index is 819. The SMILES string of the molecule is O=C1CCC2OC1[C@]1(O2)C(=O)c2cccc3cccc1c23. The normalized spacial score (nSPS) is 33.3. The van der Waals surface area contributed by atoms with Crippen LogP contribution in [0.2, 0.25) is 0 Å². The predicted molar refractivity (Wildman–Crippen MR) is 73.9 cm³/mol. The van der Waals surface area contributed by atoms with E-state index < -0.39 is 18.0 Å². The molecule has 1 spiro atoms. The highest BCUT2D eigenvalue weighted by atomic mass is 16.7. The Kier molecular flexibility index (Phi) is 1.98. The van der Waals surface area contributed by atoms with E-state index in [4.69, 9.17) is 9.47 Å². The van der Waals surface area contributed by atoms with Crippen LogP contribution in [0.25, 0.3) is 10.8 Å². The number of ketones is 2. The Morgan fingerprint density at radius 1 is 1.10 bits per heavy atom. The van der Waals surface area contributed by atoms with E-state index in [1.54, 1.807) is 6.07 Å². The van der Waals surface area contributed by atoms with Gasteiger partial charge in [-0.05, 0) is 10.8 Å². The molecule has 21 heavy (non-hydrogen) atoms. The van der Waals surface area contributed by atoms with E-state index in [1.807, 2.05) is 30.3 Å². The molecule has 1 aliphatic carbocycles. The van der Waals surface area contributed by atoms with Gasteiger partial charge in [-0.1, -0.05) is 36.4 Å². The van der Waals surface area contributed by atoms with Gasteiger partial charge < -0.3 is 9.47 Å². The lowest BCUT2D eigenvalue weighted by Crippen LogP contribution is -2.46. The summed E-state index contributed by atoms with van der Waals surface area (Å²) in [6, 6.07) is 11.4. The third kappa shape index (κ3) is 1.19. The maximum atomic E-state index is 13.0. The zero-order valence-corrected chi connectivity index (χ0v) is 11.2. The highest BCUT2D eigenvalue weighted by Gasteiger charge is 2.64. The van der Waals surface area contributed by atoms with Crippen LogP contribution >= 0.6 is 0 Å².